The molecule has 2 atom stereocenters. The Morgan fingerprint density at radius 3 is 2.87 bits per heavy atom. The fraction of sp³-hybridized carbons (Fsp3) is 0.333. The Morgan fingerprint density at radius 2 is 2.22 bits per heavy atom. The molecule has 0 aliphatic heterocycles. The second kappa shape index (κ2) is 7.68. The van der Waals surface area contributed by atoms with Gasteiger partial charge in [-0.2, -0.15) is 5.10 Å². The van der Waals surface area contributed by atoms with E-state index in [1.165, 1.54) is 0 Å². The second-order valence-electron chi connectivity index (χ2n) is 5.17. The summed E-state index contributed by atoms with van der Waals surface area (Å²) >= 11 is 0. The summed E-state index contributed by atoms with van der Waals surface area (Å²) in [7, 11) is 0. The van der Waals surface area contributed by atoms with Crippen LogP contribution >= 0.6 is 0 Å². The molecule has 0 bridgehead atoms. The summed E-state index contributed by atoms with van der Waals surface area (Å²) in [4.78, 5) is 11.7. The van der Waals surface area contributed by atoms with Gasteiger partial charge < -0.3 is 15.7 Å². The largest absolute Gasteiger partial charge is 0.386 e. The maximum atomic E-state index is 13.5. The fourth-order valence-corrected chi connectivity index (χ4v) is 2.08. The van der Waals surface area contributed by atoms with Gasteiger partial charge in [0.2, 0.25) is 0 Å². The van der Waals surface area contributed by atoms with Crippen LogP contribution in [0.1, 0.15) is 18.6 Å². The number of carbonyl (C=O) groups is 1. The van der Waals surface area contributed by atoms with Gasteiger partial charge in [0.05, 0.1) is 12.6 Å². The maximum absolute atomic E-state index is 13.5. The molecule has 8 heteroatoms. The molecule has 2 rings (SSSR count). The lowest BCUT2D eigenvalue weighted by molar-refractivity contribution is 0.168. The minimum Gasteiger partial charge on any atom is -0.386 e. The van der Waals surface area contributed by atoms with Crippen LogP contribution in [-0.2, 0) is 6.54 Å². The Morgan fingerprint density at radius 1 is 1.43 bits per heavy atom. The van der Waals surface area contributed by atoms with Crippen molar-refractivity contribution < 1.29 is 18.7 Å². The standard InChI is InChI=1S/C15H18F2N4O2/c1-10(9-21-6-2-5-19-21)20-15(23)18-8-14(22)12-4-3-11(16)7-13(12)17/h2-7,10,14,22H,8-9H2,1H3,(H2,18,20,23)/t10-,14+/m0/s1. The lowest BCUT2D eigenvalue weighted by Crippen LogP contribution is -2.43. The van der Waals surface area contributed by atoms with Crippen molar-refractivity contribution in [2.75, 3.05) is 6.54 Å². The van der Waals surface area contributed by atoms with Gasteiger partial charge in [0.25, 0.3) is 0 Å². The minimum absolute atomic E-state index is 0.0729. The molecule has 0 aliphatic carbocycles. The molecule has 0 aliphatic rings. The molecule has 2 aromatic rings. The molecule has 3 N–H and O–H groups in total. The lowest BCUT2D eigenvalue weighted by atomic mass is 10.1. The average Bonchev–Trinajstić information content (AvgIpc) is 2.97. The fourth-order valence-electron chi connectivity index (χ4n) is 2.08. The third-order valence-corrected chi connectivity index (χ3v) is 3.18. The van der Waals surface area contributed by atoms with Gasteiger partial charge in [0.1, 0.15) is 11.6 Å². The first-order valence-corrected chi connectivity index (χ1v) is 7.10. The third-order valence-electron chi connectivity index (χ3n) is 3.18. The molecule has 0 radical (unpaired) electrons. The number of aromatic nitrogens is 2. The van der Waals surface area contributed by atoms with E-state index in [9.17, 15) is 18.7 Å². The normalized spacial score (nSPS) is 13.4. The number of rotatable bonds is 6. The van der Waals surface area contributed by atoms with Crippen molar-refractivity contribution in [2.45, 2.75) is 25.6 Å². The third kappa shape index (κ3) is 5.03. The summed E-state index contributed by atoms with van der Waals surface area (Å²) in [6, 6.07) is 3.98. The summed E-state index contributed by atoms with van der Waals surface area (Å²) < 4.78 is 28.0. The molecule has 23 heavy (non-hydrogen) atoms. The summed E-state index contributed by atoms with van der Waals surface area (Å²) in [5.74, 6) is -1.58. The second-order valence-corrected chi connectivity index (χ2v) is 5.17. The highest BCUT2D eigenvalue weighted by molar-refractivity contribution is 5.74. The van der Waals surface area contributed by atoms with Gasteiger partial charge in [-0.25, -0.2) is 13.6 Å². The predicted octanol–water partition coefficient (Wildman–Crippen LogP) is 1.58. The zero-order valence-electron chi connectivity index (χ0n) is 12.5. The Kier molecular flexibility index (Phi) is 5.64. The van der Waals surface area contributed by atoms with E-state index >= 15 is 0 Å². The van der Waals surface area contributed by atoms with Gasteiger partial charge in [-0.1, -0.05) is 6.07 Å². The average molecular weight is 324 g/mol. The van der Waals surface area contributed by atoms with E-state index in [0.717, 1.165) is 12.1 Å². The quantitative estimate of drug-likeness (QED) is 0.755. The summed E-state index contributed by atoms with van der Waals surface area (Å²) in [6.07, 6.45) is 2.15. The number of benzene rings is 1. The van der Waals surface area contributed by atoms with Crippen LogP contribution < -0.4 is 10.6 Å². The molecule has 0 fully saturated rings. The molecule has 6 nitrogen and oxygen atoms in total. The van der Waals surface area contributed by atoms with Crippen LogP contribution in [0.5, 0.6) is 0 Å². The van der Waals surface area contributed by atoms with E-state index in [-0.39, 0.29) is 18.2 Å². The Bertz CT molecular complexity index is 649. The van der Waals surface area contributed by atoms with Crippen LogP contribution in [0.3, 0.4) is 0 Å². The summed E-state index contributed by atoms with van der Waals surface area (Å²) in [6.45, 7) is 2.11. The number of hydrogen-bond donors (Lipinski definition) is 3. The van der Waals surface area contributed by atoms with Crippen LogP contribution in [0, 0.1) is 11.6 Å². The van der Waals surface area contributed by atoms with E-state index < -0.39 is 23.8 Å². The van der Waals surface area contributed by atoms with Gasteiger partial charge >= 0.3 is 6.03 Å². The van der Waals surface area contributed by atoms with Crippen molar-refractivity contribution in [3.63, 3.8) is 0 Å². The number of nitrogens with zero attached hydrogens (tertiary/aromatic N) is 2. The monoisotopic (exact) mass is 324 g/mol. The van der Waals surface area contributed by atoms with Gasteiger partial charge in [0, 0.05) is 36.6 Å². The van der Waals surface area contributed by atoms with Gasteiger partial charge in [-0.05, 0) is 19.1 Å². The molecule has 2 amide bonds. The molecular formula is C15H18F2N4O2. The molecule has 124 valence electrons. The highest BCUT2D eigenvalue weighted by atomic mass is 19.1. The van der Waals surface area contributed by atoms with Crippen molar-refractivity contribution in [2.24, 2.45) is 0 Å². The van der Waals surface area contributed by atoms with Crippen LogP contribution in [0.2, 0.25) is 0 Å². The van der Waals surface area contributed by atoms with E-state index in [1.54, 1.807) is 30.1 Å². The van der Waals surface area contributed by atoms with E-state index in [0.29, 0.717) is 12.6 Å². The Hall–Kier alpha value is -2.48. The van der Waals surface area contributed by atoms with Crippen molar-refractivity contribution in [1.82, 2.24) is 20.4 Å². The summed E-state index contributed by atoms with van der Waals surface area (Å²) in [5, 5.41) is 19.0. The molecule has 0 unspecified atom stereocenters. The summed E-state index contributed by atoms with van der Waals surface area (Å²) in [5.41, 5.74) is -0.0729. The molecular weight excluding hydrogens is 306 g/mol. The zero-order valence-corrected chi connectivity index (χ0v) is 12.5. The Labute approximate surface area is 132 Å². The van der Waals surface area contributed by atoms with E-state index in [2.05, 4.69) is 15.7 Å². The van der Waals surface area contributed by atoms with Crippen LogP contribution in [0.25, 0.3) is 0 Å². The van der Waals surface area contributed by atoms with E-state index in [4.69, 9.17) is 0 Å². The number of amides is 2. The lowest BCUT2D eigenvalue weighted by Gasteiger charge is -2.17. The highest BCUT2D eigenvalue weighted by Crippen LogP contribution is 2.17. The SMILES string of the molecule is C[C@@H](Cn1cccn1)NC(=O)NC[C@@H](O)c1ccc(F)cc1F. The van der Waals surface area contributed by atoms with Gasteiger partial charge in [0.15, 0.2) is 0 Å². The molecule has 1 aromatic heterocycles. The number of carbonyl (C=O) groups excluding carboxylic acids is 1. The first kappa shape index (κ1) is 16.9. The molecule has 1 aromatic carbocycles. The molecule has 0 saturated heterocycles. The highest BCUT2D eigenvalue weighted by Gasteiger charge is 2.15. The number of hydrogen-bond acceptors (Lipinski definition) is 3. The van der Waals surface area contributed by atoms with E-state index in [1.807, 2.05) is 0 Å². The van der Waals surface area contributed by atoms with Gasteiger partial charge in [-0.15, -0.1) is 0 Å². The first-order chi connectivity index (χ1) is 11.0. The van der Waals surface area contributed by atoms with Crippen LogP contribution in [0.4, 0.5) is 13.6 Å². The van der Waals surface area contributed by atoms with Crippen LogP contribution in [-0.4, -0.2) is 33.5 Å². The first-order valence-electron chi connectivity index (χ1n) is 7.10. The van der Waals surface area contributed by atoms with Crippen molar-refractivity contribution in [1.29, 1.82) is 0 Å². The number of halogens is 2. The maximum Gasteiger partial charge on any atom is 0.315 e. The van der Waals surface area contributed by atoms with Crippen molar-refractivity contribution in [3.05, 3.63) is 53.9 Å². The predicted molar refractivity (Wildman–Crippen MR) is 79.5 cm³/mol. The smallest absolute Gasteiger partial charge is 0.315 e. The number of aliphatic hydroxyl groups excluding tert-OH is 1. The number of nitrogens with one attached hydrogen (secondary N) is 2. The minimum atomic E-state index is -1.26. The van der Waals surface area contributed by atoms with Crippen molar-refractivity contribution >= 4 is 6.03 Å². The molecule has 0 spiro atoms. The number of urea groups is 1. The van der Waals surface area contributed by atoms with Crippen LogP contribution in [0.15, 0.2) is 36.7 Å². The Balaban J connectivity index is 1.79. The van der Waals surface area contributed by atoms with Crippen molar-refractivity contribution in [3.8, 4) is 0 Å². The molecule has 0 saturated carbocycles. The molecule has 1 heterocycles. The zero-order chi connectivity index (χ0) is 16.8. The number of aliphatic hydroxyl groups is 1. The van der Waals surface area contributed by atoms with Gasteiger partial charge in [-0.3, -0.25) is 4.68 Å². The topological polar surface area (TPSA) is 79.2 Å².